The zero-order chi connectivity index (χ0) is 8.60. The molecule has 0 radical (unpaired) electrons. The molecule has 0 amide bonds. The fourth-order valence-electron chi connectivity index (χ4n) is 1.91. The molecule has 2 aliphatic rings. The zero-order valence-corrected chi connectivity index (χ0v) is 6.78. The van der Waals surface area contributed by atoms with E-state index in [1.807, 2.05) is 0 Å². The molecule has 0 spiro atoms. The van der Waals surface area contributed by atoms with Crippen LogP contribution >= 0.6 is 0 Å². The van der Waals surface area contributed by atoms with Crippen LogP contribution in [0, 0.1) is 0 Å². The van der Waals surface area contributed by atoms with Gasteiger partial charge in [-0.3, -0.25) is 0 Å². The van der Waals surface area contributed by atoms with Gasteiger partial charge in [-0.1, -0.05) is 6.42 Å². The van der Waals surface area contributed by atoms with Crippen molar-refractivity contribution < 1.29 is 19.4 Å². The van der Waals surface area contributed by atoms with E-state index >= 15 is 0 Å². The SMILES string of the molecule is O=C(OCO)C12CCCCC1O2. The number of ether oxygens (including phenoxy) is 2. The predicted octanol–water partition coefficient (Wildman–Crippen LogP) is 0.191. The molecule has 1 saturated carbocycles. The van der Waals surface area contributed by atoms with E-state index in [0.717, 1.165) is 25.7 Å². The summed E-state index contributed by atoms with van der Waals surface area (Å²) < 4.78 is 9.81. The van der Waals surface area contributed by atoms with Crippen LogP contribution in [-0.2, 0) is 14.3 Å². The molecule has 4 nitrogen and oxygen atoms in total. The average Bonchev–Trinajstić information content (AvgIpc) is 2.79. The molecule has 0 aromatic rings. The number of fused-ring (bicyclic) bond motifs is 1. The van der Waals surface area contributed by atoms with Gasteiger partial charge in [0.05, 0.1) is 6.10 Å². The second-order valence-corrected chi connectivity index (χ2v) is 3.30. The van der Waals surface area contributed by atoms with Gasteiger partial charge in [0, 0.05) is 0 Å². The minimum atomic E-state index is -0.666. The molecule has 2 fully saturated rings. The Morgan fingerprint density at radius 1 is 1.67 bits per heavy atom. The smallest absolute Gasteiger partial charge is 0.343 e. The van der Waals surface area contributed by atoms with Crippen molar-refractivity contribution in [2.45, 2.75) is 37.4 Å². The number of carbonyl (C=O) groups excluding carboxylic acids is 1. The molecule has 4 heteroatoms. The minimum Gasteiger partial charge on any atom is -0.436 e. The highest BCUT2D eigenvalue weighted by molar-refractivity contribution is 5.83. The third kappa shape index (κ3) is 1.03. The maximum atomic E-state index is 11.3. The molecule has 0 aromatic carbocycles. The van der Waals surface area contributed by atoms with Crippen molar-refractivity contribution in [3.05, 3.63) is 0 Å². The molecule has 2 unspecified atom stereocenters. The normalized spacial score (nSPS) is 38.6. The Hall–Kier alpha value is -0.610. The highest BCUT2D eigenvalue weighted by atomic mass is 16.7. The lowest BCUT2D eigenvalue weighted by atomic mass is 9.89. The standard InChI is InChI=1S/C8H12O4/c9-5-11-7(10)8-4-2-1-3-6(8)12-8/h6,9H,1-5H2. The van der Waals surface area contributed by atoms with Gasteiger partial charge in [0.1, 0.15) is 0 Å². The van der Waals surface area contributed by atoms with Crippen molar-refractivity contribution in [3.8, 4) is 0 Å². The summed E-state index contributed by atoms with van der Waals surface area (Å²) in [6.07, 6.45) is 3.89. The molecule has 1 N–H and O–H groups in total. The lowest BCUT2D eigenvalue weighted by Crippen LogP contribution is -2.32. The molecular formula is C8H12O4. The second-order valence-electron chi connectivity index (χ2n) is 3.30. The van der Waals surface area contributed by atoms with Crippen molar-refractivity contribution in [1.29, 1.82) is 0 Å². The molecule has 68 valence electrons. The van der Waals surface area contributed by atoms with Gasteiger partial charge in [-0.05, 0) is 19.3 Å². The molecule has 1 saturated heterocycles. The van der Waals surface area contributed by atoms with E-state index in [2.05, 4.69) is 4.74 Å². The van der Waals surface area contributed by atoms with Crippen LogP contribution < -0.4 is 0 Å². The van der Waals surface area contributed by atoms with Crippen LogP contribution in [0.3, 0.4) is 0 Å². The maximum absolute atomic E-state index is 11.3. The van der Waals surface area contributed by atoms with Crippen LogP contribution in [0.2, 0.25) is 0 Å². The summed E-state index contributed by atoms with van der Waals surface area (Å²) in [5.41, 5.74) is -0.666. The molecule has 2 atom stereocenters. The van der Waals surface area contributed by atoms with E-state index in [9.17, 15) is 4.79 Å². The van der Waals surface area contributed by atoms with Crippen LogP contribution in [0.25, 0.3) is 0 Å². The summed E-state index contributed by atoms with van der Waals surface area (Å²) in [7, 11) is 0. The van der Waals surface area contributed by atoms with Crippen LogP contribution in [0.4, 0.5) is 0 Å². The Morgan fingerprint density at radius 2 is 2.50 bits per heavy atom. The third-order valence-electron chi connectivity index (χ3n) is 2.62. The number of aliphatic hydroxyl groups is 1. The van der Waals surface area contributed by atoms with Crippen LogP contribution in [0.1, 0.15) is 25.7 Å². The fraction of sp³-hybridized carbons (Fsp3) is 0.875. The quantitative estimate of drug-likeness (QED) is 0.367. The number of epoxide rings is 1. The maximum Gasteiger partial charge on any atom is 0.343 e. The topological polar surface area (TPSA) is 59.1 Å². The Kier molecular flexibility index (Phi) is 1.81. The van der Waals surface area contributed by atoms with Crippen LogP contribution in [0.5, 0.6) is 0 Å². The predicted molar refractivity (Wildman–Crippen MR) is 39.2 cm³/mol. The number of carbonyl (C=O) groups is 1. The fourth-order valence-corrected chi connectivity index (χ4v) is 1.91. The van der Waals surface area contributed by atoms with E-state index in [0.29, 0.717) is 0 Å². The Labute approximate surface area is 70.5 Å². The van der Waals surface area contributed by atoms with Gasteiger partial charge in [-0.25, -0.2) is 4.79 Å². The van der Waals surface area contributed by atoms with Gasteiger partial charge >= 0.3 is 5.97 Å². The summed E-state index contributed by atoms with van der Waals surface area (Å²) in [6.45, 7) is -0.545. The minimum absolute atomic E-state index is 0.0605. The summed E-state index contributed by atoms with van der Waals surface area (Å²) in [5, 5.41) is 8.40. The highest BCUT2D eigenvalue weighted by Crippen LogP contribution is 2.48. The van der Waals surface area contributed by atoms with Gasteiger partial charge < -0.3 is 14.6 Å². The van der Waals surface area contributed by atoms with Crippen LogP contribution in [-0.4, -0.2) is 29.6 Å². The number of hydrogen-bond acceptors (Lipinski definition) is 4. The van der Waals surface area contributed by atoms with Crippen molar-refractivity contribution in [1.82, 2.24) is 0 Å². The first-order valence-corrected chi connectivity index (χ1v) is 4.25. The Morgan fingerprint density at radius 3 is 3.17 bits per heavy atom. The lowest BCUT2D eigenvalue weighted by Gasteiger charge is -2.14. The number of rotatable bonds is 2. The first kappa shape index (κ1) is 8.01. The number of hydrogen-bond donors (Lipinski definition) is 1. The molecule has 1 aliphatic carbocycles. The van der Waals surface area contributed by atoms with Gasteiger partial charge in [-0.2, -0.15) is 0 Å². The first-order valence-electron chi connectivity index (χ1n) is 4.25. The van der Waals surface area contributed by atoms with E-state index in [4.69, 9.17) is 9.84 Å². The molecular weight excluding hydrogens is 160 g/mol. The number of aliphatic hydroxyl groups excluding tert-OH is 1. The van der Waals surface area contributed by atoms with Crippen molar-refractivity contribution in [3.63, 3.8) is 0 Å². The van der Waals surface area contributed by atoms with Gasteiger partial charge in [-0.15, -0.1) is 0 Å². The largest absolute Gasteiger partial charge is 0.436 e. The average molecular weight is 172 g/mol. The third-order valence-corrected chi connectivity index (χ3v) is 2.62. The summed E-state index contributed by atoms with van der Waals surface area (Å²) in [5.74, 6) is -0.394. The molecule has 2 rings (SSSR count). The van der Waals surface area contributed by atoms with E-state index in [1.54, 1.807) is 0 Å². The second kappa shape index (κ2) is 2.71. The van der Waals surface area contributed by atoms with Gasteiger partial charge in [0.15, 0.2) is 12.4 Å². The molecule has 0 aromatic heterocycles. The van der Waals surface area contributed by atoms with Crippen LogP contribution in [0.15, 0.2) is 0 Å². The Balaban J connectivity index is 1.98. The molecule has 12 heavy (non-hydrogen) atoms. The highest BCUT2D eigenvalue weighted by Gasteiger charge is 2.64. The van der Waals surface area contributed by atoms with Crippen molar-refractivity contribution in [2.75, 3.05) is 6.79 Å². The first-order chi connectivity index (χ1) is 5.79. The monoisotopic (exact) mass is 172 g/mol. The lowest BCUT2D eigenvalue weighted by molar-refractivity contribution is -0.158. The number of esters is 1. The summed E-state index contributed by atoms with van der Waals surface area (Å²) in [4.78, 5) is 11.3. The van der Waals surface area contributed by atoms with Gasteiger partial charge in [0.25, 0.3) is 0 Å². The molecule has 1 heterocycles. The van der Waals surface area contributed by atoms with Crippen molar-refractivity contribution >= 4 is 5.97 Å². The molecule has 1 aliphatic heterocycles. The molecule has 0 bridgehead atoms. The van der Waals surface area contributed by atoms with E-state index < -0.39 is 18.4 Å². The Bertz CT molecular complexity index is 203. The van der Waals surface area contributed by atoms with E-state index in [-0.39, 0.29) is 6.10 Å². The summed E-state index contributed by atoms with van der Waals surface area (Å²) in [6, 6.07) is 0. The summed E-state index contributed by atoms with van der Waals surface area (Å²) >= 11 is 0. The van der Waals surface area contributed by atoms with Gasteiger partial charge in [0.2, 0.25) is 0 Å². The van der Waals surface area contributed by atoms with E-state index in [1.165, 1.54) is 0 Å². The van der Waals surface area contributed by atoms with Crippen molar-refractivity contribution in [2.24, 2.45) is 0 Å². The zero-order valence-electron chi connectivity index (χ0n) is 6.78.